The Labute approximate surface area is 109 Å². The van der Waals surface area contributed by atoms with E-state index in [-0.39, 0.29) is 5.69 Å². The van der Waals surface area contributed by atoms with Crippen LogP contribution in [0.1, 0.15) is 16.1 Å². The smallest absolute Gasteiger partial charge is 0.354 e. The molecular formula is C14H13N3O2. The maximum absolute atomic E-state index is 11.1. The molecule has 1 aromatic carbocycles. The fourth-order valence-electron chi connectivity index (χ4n) is 2.25. The number of nitrogens with zero attached hydrogens (tertiary/aromatic N) is 2. The summed E-state index contributed by atoms with van der Waals surface area (Å²) >= 11 is 0. The van der Waals surface area contributed by atoms with Crippen LogP contribution in [0, 0.1) is 6.92 Å². The second-order valence-electron chi connectivity index (χ2n) is 4.59. The Balaban J connectivity index is 2.21. The molecule has 0 aliphatic rings. The van der Waals surface area contributed by atoms with Crippen molar-refractivity contribution in [3.05, 3.63) is 41.7 Å². The number of aromatic amines is 1. The van der Waals surface area contributed by atoms with Crippen LogP contribution in [0.5, 0.6) is 0 Å². The van der Waals surface area contributed by atoms with Gasteiger partial charge in [-0.25, -0.2) is 4.79 Å². The van der Waals surface area contributed by atoms with E-state index in [2.05, 4.69) is 16.1 Å². The molecule has 0 saturated carbocycles. The molecule has 3 rings (SSSR count). The molecule has 0 aliphatic heterocycles. The summed E-state index contributed by atoms with van der Waals surface area (Å²) in [4.78, 5) is 14.2. The van der Waals surface area contributed by atoms with Crippen molar-refractivity contribution in [2.24, 2.45) is 7.05 Å². The number of H-pyrrole nitrogens is 1. The Morgan fingerprint density at radius 1 is 1.37 bits per heavy atom. The van der Waals surface area contributed by atoms with E-state index in [9.17, 15) is 4.79 Å². The van der Waals surface area contributed by atoms with Crippen LogP contribution >= 0.6 is 0 Å². The summed E-state index contributed by atoms with van der Waals surface area (Å²) in [5, 5.41) is 14.4. The van der Waals surface area contributed by atoms with E-state index in [0.717, 1.165) is 22.0 Å². The summed E-state index contributed by atoms with van der Waals surface area (Å²) in [6, 6.07) is 7.70. The molecule has 2 heterocycles. The van der Waals surface area contributed by atoms with E-state index >= 15 is 0 Å². The number of carboxylic acids is 1. The molecule has 5 heteroatoms. The third-order valence-corrected chi connectivity index (χ3v) is 3.21. The van der Waals surface area contributed by atoms with E-state index < -0.39 is 5.97 Å². The number of hydrogen-bond donors (Lipinski definition) is 2. The normalized spacial score (nSPS) is 11.1. The largest absolute Gasteiger partial charge is 0.477 e. The van der Waals surface area contributed by atoms with Gasteiger partial charge in [0, 0.05) is 29.7 Å². The van der Waals surface area contributed by atoms with Gasteiger partial charge in [0.25, 0.3) is 0 Å². The van der Waals surface area contributed by atoms with E-state index in [1.165, 1.54) is 4.68 Å². The SMILES string of the molecule is Cc1ccc2[nH]cc(-c3cc(C(=O)O)n(C)n3)c2c1. The Kier molecular flexibility index (Phi) is 2.41. The van der Waals surface area contributed by atoms with Gasteiger partial charge in [0.2, 0.25) is 0 Å². The van der Waals surface area contributed by atoms with E-state index in [1.807, 2.05) is 25.3 Å². The zero-order valence-corrected chi connectivity index (χ0v) is 10.6. The summed E-state index contributed by atoms with van der Waals surface area (Å²) < 4.78 is 1.38. The van der Waals surface area contributed by atoms with Crippen molar-refractivity contribution in [2.45, 2.75) is 6.92 Å². The first-order valence-corrected chi connectivity index (χ1v) is 5.91. The van der Waals surface area contributed by atoms with Crippen LogP contribution in [0.3, 0.4) is 0 Å². The molecule has 0 aliphatic carbocycles. The van der Waals surface area contributed by atoms with E-state index in [0.29, 0.717) is 5.69 Å². The number of rotatable bonds is 2. The second kappa shape index (κ2) is 3.98. The van der Waals surface area contributed by atoms with Gasteiger partial charge in [0.1, 0.15) is 5.69 Å². The number of hydrogen-bond acceptors (Lipinski definition) is 2. The molecule has 0 unspecified atom stereocenters. The van der Waals surface area contributed by atoms with Gasteiger partial charge in [-0.15, -0.1) is 0 Å². The molecule has 0 fully saturated rings. The predicted molar refractivity (Wildman–Crippen MR) is 72.2 cm³/mol. The molecule has 0 spiro atoms. The molecule has 96 valence electrons. The maximum atomic E-state index is 11.1. The highest BCUT2D eigenvalue weighted by molar-refractivity contribution is 5.96. The first-order chi connectivity index (χ1) is 9.06. The lowest BCUT2D eigenvalue weighted by Gasteiger charge is -1.96. The molecule has 2 aromatic heterocycles. The standard InChI is InChI=1S/C14H13N3O2/c1-8-3-4-11-9(5-8)10(7-15-11)12-6-13(14(18)19)17(2)16-12/h3-7,15H,1-2H3,(H,18,19). The van der Waals surface area contributed by atoms with Crippen LogP contribution in [0.4, 0.5) is 0 Å². The molecule has 0 radical (unpaired) electrons. The summed E-state index contributed by atoms with van der Waals surface area (Å²) in [5.74, 6) is -0.975. The highest BCUT2D eigenvalue weighted by Gasteiger charge is 2.15. The van der Waals surface area contributed by atoms with Crippen LogP contribution < -0.4 is 0 Å². The number of aromatic carboxylic acids is 1. The van der Waals surface area contributed by atoms with Crippen molar-refractivity contribution in [3.8, 4) is 11.3 Å². The number of carboxylic acid groups (broad SMARTS) is 1. The number of fused-ring (bicyclic) bond motifs is 1. The number of aromatic nitrogens is 3. The fraction of sp³-hybridized carbons (Fsp3) is 0.143. The maximum Gasteiger partial charge on any atom is 0.354 e. The first kappa shape index (κ1) is 11.5. The summed E-state index contributed by atoms with van der Waals surface area (Å²) in [5.41, 5.74) is 3.93. The van der Waals surface area contributed by atoms with Crippen molar-refractivity contribution in [3.63, 3.8) is 0 Å². The van der Waals surface area contributed by atoms with Gasteiger partial charge in [-0.3, -0.25) is 4.68 Å². The van der Waals surface area contributed by atoms with Crippen molar-refractivity contribution in [2.75, 3.05) is 0 Å². The van der Waals surface area contributed by atoms with E-state index in [1.54, 1.807) is 13.1 Å². The predicted octanol–water partition coefficient (Wildman–Crippen LogP) is 2.58. The van der Waals surface area contributed by atoms with Crippen LogP contribution in [-0.2, 0) is 7.05 Å². The minimum absolute atomic E-state index is 0.178. The third kappa shape index (κ3) is 1.79. The lowest BCUT2D eigenvalue weighted by atomic mass is 10.1. The third-order valence-electron chi connectivity index (χ3n) is 3.21. The molecule has 19 heavy (non-hydrogen) atoms. The minimum Gasteiger partial charge on any atom is -0.477 e. The fourth-order valence-corrected chi connectivity index (χ4v) is 2.25. The summed E-state index contributed by atoms with van der Waals surface area (Å²) in [6.45, 7) is 2.03. The summed E-state index contributed by atoms with van der Waals surface area (Å²) in [6.07, 6.45) is 1.86. The average molecular weight is 255 g/mol. The zero-order chi connectivity index (χ0) is 13.6. The summed E-state index contributed by atoms with van der Waals surface area (Å²) in [7, 11) is 1.63. The van der Waals surface area contributed by atoms with Gasteiger partial charge in [-0.2, -0.15) is 5.10 Å². The van der Waals surface area contributed by atoms with Crippen molar-refractivity contribution < 1.29 is 9.90 Å². The average Bonchev–Trinajstić information content (AvgIpc) is 2.91. The molecule has 0 amide bonds. The molecule has 2 N–H and O–H groups in total. The van der Waals surface area contributed by atoms with E-state index in [4.69, 9.17) is 5.11 Å². The molecule has 5 nitrogen and oxygen atoms in total. The first-order valence-electron chi connectivity index (χ1n) is 5.91. The van der Waals surface area contributed by atoms with Gasteiger partial charge in [-0.1, -0.05) is 11.6 Å². The molecule has 3 aromatic rings. The number of benzene rings is 1. The number of carbonyl (C=O) groups is 1. The van der Waals surface area contributed by atoms with Crippen molar-refractivity contribution in [1.29, 1.82) is 0 Å². The Morgan fingerprint density at radius 2 is 2.16 bits per heavy atom. The van der Waals surface area contributed by atoms with Gasteiger partial charge in [0.15, 0.2) is 0 Å². The van der Waals surface area contributed by atoms with Crippen LogP contribution in [0.2, 0.25) is 0 Å². The van der Waals surface area contributed by atoms with Crippen LogP contribution in [-0.4, -0.2) is 25.8 Å². The Morgan fingerprint density at radius 3 is 2.84 bits per heavy atom. The Hall–Kier alpha value is -2.56. The van der Waals surface area contributed by atoms with Crippen LogP contribution in [0.15, 0.2) is 30.5 Å². The van der Waals surface area contributed by atoms with Gasteiger partial charge < -0.3 is 10.1 Å². The van der Waals surface area contributed by atoms with Gasteiger partial charge in [-0.05, 0) is 25.1 Å². The van der Waals surface area contributed by atoms with Gasteiger partial charge >= 0.3 is 5.97 Å². The number of aryl methyl sites for hydroxylation is 2. The number of nitrogens with one attached hydrogen (secondary N) is 1. The lowest BCUT2D eigenvalue weighted by molar-refractivity contribution is 0.0685. The van der Waals surface area contributed by atoms with Crippen molar-refractivity contribution in [1.82, 2.24) is 14.8 Å². The Bertz CT molecular complexity index is 783. The molecule has 0 atom stereocenters. The topological polar surface area (TPSA) is 70.9 Å². The minimum atomic E-state index is -0.975. The quantitative estimate of drug-likeness (QED) is 0.739. The molecular weight excluding hydrogens is 242 g/mol. The van der Waals surface area contributed by atoms with Gasteiger partial charge in [0.05, 0.1) is 5.69 Å². The van der Waals surface area contributed by atoms with Crippen molar-refractivity contribution >= 4 is 16.9 Å². The monoisotopic (exact) mass is 255 g/mol. The lowest BCUT2D eigenvalue weighted by Crippen LogP contribution is -2.04. The zero-order valence-electron chi connectivity index (χ0n) is 10.6. The van der Waals surface area contributed by atoms with Crippen LogP contribution in [0.25, 0.3) is 22.2 Å². The highest BCUT2D eigenvalue weighted by Crippen LogP contribution is 2.28. The second-order valence-corrected chi connectivity index (χ2v) is 4.59. The molecule has 0 saturated heterocycles. The molecule has 0 bridgehead atoms. The highest BCUT2D eigenvalue weighted by atomic mass is 16.4.